The Balaban J connectivity index is 2.59. The molecule has 0 radical (unpaired) electrons. The van der Waals surface area contributed by atoms with Crippen molar-refractivity contribution in [1.29, 1.82) is 5.26 Å². The number of nitrogens with zero attached hydrogens (tertiary/aromatic N) is 1. The molecule has 0 bridgehead atoms. The highest BCUT2D eigenvalue weighted by molar-refractivity contribution is 5.82. The maximum Gasteiger partial charge on any atom is 0.250 e. The Morgan fingerprint density at radius 2 is 2.40 bits per heavy atom. The van der Waals surface area contributed by atoms with Crippen LogP contribution in [0.2, 0.25) is 0 Å². The van der Waals surface area contributed by atoms with Crippen molar-refractivity contribution >= 4 is 5.91 Å². The quantitative estimate of drug-likeness (QED) is 0.761. The summed E-state index contributed by atoms with van der Waals surface area (Å²) >= 11 is 0. The molecule has 0 aromatic carbocycles. The van der Waals surface area contributed by atoms with Gasteiger partial charge in [-0.15, -0.1) is 0 Å². The van der Waals surface area contributed by atoms with Crippen LogP contribution in [0.4, 0.5) is 0 Å². The van der Waals surface area contributed by atoms with Crippen LogP contribution in [0, 0.1) is 17.2 Å². The SMILES string of the molecule is CCC(C)(C#N)NC(=O)C1OCCC1C. The Labute approximate surface area is 90.6 Å². The fourth-order valence-corrected chi connectivity index (χ4v) is 1.57. The summed E-state index contributed by atoms with van der Waals surface area (Å²) in [7, 11) is 0. The van der Waals surface area contributed by atoms with Gasteiger partial charge in [-0.05, 0) is 25.7 Å². The molecule has 1 amide bonds. The van der Waals surface area contributed by atoms with Gasteiger partial charge in [-0.2, -0.15) is 5.26 Å². The lowest BCUT2D eigenvalue weighted by atomic mass is 9.98. The number of nitriles is 1. The van der Waals surface area contributed by atoms with E-state index >= 15 is 0 Å². The Morgan fingerprint density at radius 3 is 2.80 bits per heavy atom. The number of hydrogen-bond donors (Lipinski definition) is 1. The van der Waals surface area contributed by atoms with Crippen molar-refractivity contribution in [1.82, 2.24) is 5.32 Å². The summed E-state index contributed by atoms with van der Waals surface area (Å²) in [5.41, 5.74) is -0.775. The Kier molecular flexibility index (Phi) is 3.70. The number of amides is 1. The lowest BCUT2D eigenvalue weighted by molar-refractivity contribution is -0.132. The molecule has 84 valence electrons. The highest BCUT2D eigenvalue weighted by Crippen LogP contribution is 2.21. The van der Waals surface area contributed by atoms with Gasteiger partial charge in [0.15, 0.2) is 0 Å². The van der Waals surface area contributed by atoms with Crippen molar-refractivity contribution in [3.05, 3.63) is 0 Å². The van der Waals surface area contributed by atoms with E-state index < -0.39 is 5.54 Å². The molecular weight excluding hydrogens is 192 g/mol. The third-order valence-corrected chi connectivity index (χ3v) is 3.00. The average molecular weight is 210 g/mol. The summed E-state index contributed by atoms with van der Waals surface area (Å²) in [6.45, 7) is 6.23. The second-order valence-corrected chi connectivity index (χ2v) is 4.34. The van der Waals surface area contributed by atoms with Gasteiger partial charge in [-0.3, -0.25) is 4.79 Å². The summed E-state index contributed by atoms with van der Waals surface area (Å²) in [5.74, 6) is 0.0794. The fourth-order valence-electron chi connectivity index (χ4n) is 1.57. The first-order chi connectivity index (χ1) is 7.02. The molecule has 0 saturated carbocycles. The first-order valence-corrected chi connectivity index (χ1v) is 5.37. The number of carbonyl (C=O) groups excluding carboxylic acids is 1. The second kappa shape index (κ2) is 4.63. The van der Waals surface area contributed by atoms with Crippen LogP contribution >= 0.6 is 0 Å². The molecule has 15 heavy (non-hydrogen) atoms. The van der Waals surface area contributed by atoms with Crippen LogP contribution in [0.3, 0.4) is 0 Å². The van der Waals surface area contributed by atoms with Crippen LogP contribution in [0.1, 0.15) is 33.6 Å². The zero-order valence-electron chi connectivity index (χ0n) is 9.54. The number of carbonyl (C=O) groups is 1. The van der Waals surface area contributed by atoms with Gasteiger partial charge in [0.2, 0.25) is 0 Å². The van der Waals surface area contributed by atoms with E-state index in [0.29, 0.717) is 13.0 Å². The highest BCUT2D eigenvalue weighted by atomic mass is 16.5. The first kappa shape index (κ1) is 12.0. The summed E-state index contributed by atoms with van der Waals surface area (Å²) in [4.78, 5) is 11.8. The Hall–Kier alpha value is -1.08. The number of hydrogen-bond acceptors (Lipinski definition) is 3. The predicted molar refractivity (Wildman–Crippen MR) is 56.0 cm³/mol. The molecule has 3 atom stereocenters. The standard InChI is InChI=1S/C11H18N2O2/c1-4-11(3,7-12)13-10(14)9-8(2)5-6-15-9/h8-9H,4-6H2,1-3H3,(H,13,14). The van der Waals surface area contributed by atoms with Crippen LogP contribution in [0.15, 0.2) is 0 Å². The van der Waals surface area contributed by atoms with E-state index in [1.807, 2.05) is 13.8 Å². The van der Waals surface area contributed by atoms with E-state index in [1.165, 1.54) is 0 Å². The molecule has 4 heteroatoms. The average Bonchev–Trinajstić information content (AvgIpc) is 2.64. The molecule has 4 nitrogen and oxygen atoms in total. The largest absolute Gasteiger partial charge is 0.368 e. The van der Waals surface area contributed by atoms with Gasteiger partial charge in [0.1, 0.15) is 11.6 Å². The monoisotopic (exact) mass is 210 g/mol. The summed E-state index contributed by atoms with van der Waals surface area (Å²) in [6, 6.07) is 2.11. The van der Waals surface area contributed by atoms with Gasteiger partial charge < -0.3 is 10.1 Å². The molecule has 1 fully saturated rings. The third kappa shape index (κ3) is 2.69. The van der Waals surface area contributed by atoms with Gasteiger partial charge in [0.25, 0.3) is 5.91 Å². The molecule has 1 heterocycles. The van der Waals surface area contributed by atoms with Crippen LogP contribution in [0.25, 0.3) is 0 Å². The van der Waals surface area contributed by atoms with Crippen LogP contribution in [-0.2, 0) is 9.53 Å². The lowest BCUT2D eigenvalue weighted by Gasteiger charge is -2.24. The van der Waals surface area contributed by atoms with Gasteiger partial charge in [-0.25, -0.2) is 0 Å². The van der Waals surface area contributed by atoms with Crippen molar-refractivity contribution in [2.24, 2.45) is 5.92 Å². The maximum atomic E-state index is 11.8. The minimum absolute atomic E-state index is 0.161. The van der Waals surface area contributed by atoms with Crippen molar-refractivity contribution in [3.8, 4) is 6.07 Å². The van der Waals surface area contributed by atoms with Gasteiger partial charge in [-0.1, -0.05) is 13.8 Å². The number of rotatable bonds is 3. The Bertz CT molecular complexity index is 285. The van der Waals surface area contributed by atoms with E-state index in [0.717, 1.165) is 6.42 Å². The predicted octanol–water partition coefficient (Wildman–Crippen LogP) is 1.22. The summed E-state index contributed by atoms with van der Waals surface area (Å²) in [6.07, 6.45) is 1.12. The van der Waals surface area contributed by atoms with E-state index in [1.54, 1.807) is 6.92 Å². The minimum Gasteiger partial charge on any atom is -0.368 e. The van der Waals surface area contributed by atoms with Gasteiger partial charge in [0, 0.05) is 6.61 Å². The summed E-state index contributed by atoms with van der Waals surface area (Å²) < 4.78 is 5.34. The molecule has 0 aliphatic carbocycles. The first-order valence-electron chi connectivity index (χ1n) is 5.37. The molecule has 1 rings (SSSR count). The van der Waals surface area contributed by atoms with Crippen molar-refractivity contribution in [3.63, 3.8) is 0 Å². The van der Waals surface area contributed by atoms with Crippen molar-refractivity contribution in [2.75, 3.05) is 6.61 Å². The second-order valence-electron chi connectivity index (χ2n) is 4.34. The fraction of sp³-hybridized carbons (Fsp3) is 0.818. The molecule has 1 saturated heterocycles. The van der Waals surface area contributed by atoms with Crippen LogP contribution in [0.5, 0.6) is 0 Å². The van der Waals surface area contributed by atoms with Gasteiger partial charge in [0.05, 0.1) is 6.07 Å². The zero-order chi connectivity index (χ0) is 11.5. The number of ether oxygens (including phenoxy) is 1. The Morgan fingerprint density at radius 1 is 1.73 bits per heavy atom. The smallest absolute Gasteiger partial charge is 0.250 e. The lowest BCUT2D eigenvalue weighted by Crippen LogP contribution is -2.49. The molecule has 3 unspecified atom stereocenters. The molecule has 1 aliphatic heterocycles. The normalized spacial score (nSPS) is 29.2. The molecule has 1 N–H and O–H groups in total. The van der Waals surface area contributed by atoms with Crippen LogP contribution in [-0.4, -0.2) is 24.2 Å². The van der Waals surface area contributed by atoms with E-state index in [-0.39, 0.29) is 17.9 Å². The molecule has 0 aromatic rings. The van der Waals surface area contributed by atoms with E-state index in [9.17, 15) is 4.79 Å². The highest BCUT2D eigenvalue weighted by Gasteiger charge is 2.34. The van der Waals surface area contributed by atoms with Crippen molar-refractivity contribution < 1.29 is 9.53 Å². The zero-order valence-corrected chi connectivity index (χ0v) is 9.54. The van der Waals surface area contributed by atoms with Crippen molar-refractivity contribution in [2.45, 2.75) is 45.3 Å². The molecule has 0 aromatic heterocycles. The maximum absolute atomic E-state index is 11.8. The molecule has 1 aliphatic rings. The van der Waals surface area contributed by atoms with E-state index in [2.05, 4.69) is 11.4 Å². The number of nitrogens with one attached hydrogen (secondary N) is 1. The minimum atomic E-state index is -0.775. The van der Waals surface area contributed by atoms with E-state index in [4.69, 9.17) is 10.00 Å². The third-order valence-electron chi connectivity index (χ3n) is 3.00. The molecule has 0 spiro atoms. The molecular formula is C11H18N2O2. The van der Waals surface area contributed by atoms with Gasteiger partial charge >= 0.3 is 0 Å². The summed E-state index contributed by atoms with van der Waals surface area (Å²) in [5, 5.41) is 11.7. The topological polar surface area (TPSA) is 62.1 Å². The van der Waals surface area contributed by atoms with Crippen LogP contribution < -0.4 is 5.32 Å².